The van der Waals surface area contributed by atoms with Gasteiger partial charge in [-0.25, -0.2) is 0 Å². The molecule has 0 aliphatic rings. The molecule has 0 bridgehead atoms. The number of aryl methyl sites for hydroxylation is 1. The Morgan fingerprint density at radius 2 is 1.89 bits per heavy atom. The van der Waals surface area contributed by atoms with Crippen LogP contribution in [0.15, 0.2) is 47.2 Å². The summed E-state index contributed by atoms with van der Waals surface area (Å²) in [6, 6.07) is 9.51. The normalized spacial score (nSPS) is 12.2. The first kappa shape index (κ1) is 13.0. The maximum absolute atomic E-state index is 12.4. The number of pyridine rings is 1. The van der Waals surface area contributed by atoms with E-state index in [9.17, 15) is 4.79 Å². The van der Waals surface area contributed by atoms with Gasteiger partial charge in [0.2, 0.25) is 0 Å². The van der Waals surface area contributed by atoms with E-state index in [1.807, 2.05) is 44.2 Å². The molecule has 1 unspecified atom stereocenters. The summed E-state index contributed by atoms with van der Waals surface area (Å²) in [6.45, 7) is 3.89. The summed E-state index contributed by atoms with van der Waals surface area (Å²) >= 11 is 3.41. The van der Waals surface area contributed by atoms with Crippen LogP contribution in [0.3, 0.4) is 0 Å². The molecule has 0 amide bonds. The molecule has 0 saturated carbocycles. The zero-order valence-corrected chi connectivity index (χ0v) is 11.9. The Kier molecular flexibility index (Phi) is 3.92. The van der Waals surface area contributed by atoms with E-state index in [-0.39, 0.29) is 11.7 Å². The van der Waals surface area contributed by atoms with Crippen LogP contribution in [0.4, 0.5) is 0 Å². The Labute approximate surface area is 115 Å². The lowest BCUT2D eigenvalue weighted by atomic mass is 9.91. The standard InChI is InChI=1S/C15H14BrNO/c1-10-9-13(16)3-4-14(10)15(18)11(2)12-5-7-17-8-6-12/h3-9,11H,1-2H3. The van der Waals surface area contributed by atoms with Crippen molar-refractivity contribution in [2.45, 2.75) is 19.8 Å². The van der Waals surface area contributed by atoms with Crippen LogP contribution < -0.4 is 0 Å². The number of halogens is 1. The van der Waals surface area contributed by atoms with Crippen LogP contribution in [0.5, 0.6) is 0 Å². The van der Waals surface area contributed by atoms with Crippen LogP contribution in [0.1, 0.15) is 34.3 Å². The summed E-state index contributed by atoms with van der Waals surface area (Å²) in [5.41, 5.74) is 2.77. The second kappa shape index (κ2) is 5.44. The number of carbonyl (C=O) groups is 1. The van der Waals surface area contributed by atoms with Crippen LogP contribution in [0.25, 0.3) is 0 Å². The Balaban J connectivity index is 2.32. The highest BCUT2D eigenvalue weighted by Gasteiger charge is 2.18. The largest absolute Gasteiger partial charge is 0.293 e. The monoisotopic (exact) mass is 303 g/mol. The molecule has 0 saturated heterocycles. The van der Waals surface area contributed by atoms with Gasteiger partial charge in [-0.05, 0) is 42.3 Å². The van der Waals surface area contributed by atoms with Gasteiger partial charge in [0.15, 0.2) is 5.78 Å². The quantitative estimate of drug-likeness (QED) is 0.798. The molecule has 2 aromatic rings. The third kappa shape index (κ3) is 2.67. The third-order valence-electron chi connectivity index (χ3n) is 3.05. The summed E-state index contributed by atoms with van der Waals surface area (Å²) in [7, 11) is 0. The second-order valence-corrected chi connectivity index (χ2v) is 5.24. The molecule has 0 fully saturated rings. The number of hydrogen-bond donors (Lipinski definition) is 0. The first-order chi connectivity index (χ1) is 8.59. The molecule has 0 spiro atoms. The van der Waals surface area contributed by atoms with E-state index in [1.165, 1.54) is 0 Å². The SMILES string of the molecule is Cc1cc(Br)ccc1C(=O)C(C)c1ccncc1. The van der Waals surface area contributed by atoms with Crippen molar-refractivity contribution in [3.63, 3.8) is 0 Å². The van der Waals surface area contributed by atoms with Crippen molar-refractivity contribution in [2.24, 2.45) is 0 Å². The minimum absolute atomic E-state index is 0.145. The first-order valence-electron chi connectivity index (χ1n) is 5.80. The van der Waals surface area contributed by atoms with Crippen LogP contribution in [-0.4, -0.2) is 10.8 Å². The van der Waals surface area contributed by atoms with Gasteiger partial charge < -0.3 is 0 Å². The minimum Gasteiger partial charge on any atom is -0.293 e. The second-order valence-electron chi connectivity index (χ2n) is 4.33. The Morgan fingerprint density at radius 3 is 2.50 bits per heavy atom. The number of carbonyl (C=O) groups excluding carboxylic acids is 1. The van der Waals surface area contributed by atoms with Crippen LogP contribution in [0, 0.1) is 6.92 Å². The Bertz CT molecular complexity index is 566. The summed E-state index contributed by atoms with van der Waals surface area (Å²) in [5.74, 6) is -0.000856. The Morgan fingerprint density at radius 1 is 1.22 bits per heavy atom. The summed E-state index contributed by atoms with van der Waals surface area (Å²) in [6.07, 6.45) is 3.43. The number of benzene rings is 1. The summed E-state index contributed by atoms with van der Waals surface area (Å²) in [4.78, 5) is 16.4. The molecule has 2 nitrogen and oxygen atoms in total. The van der Waals surface area contributed by atoms with Gasteiger partial charge in [-0.1, -0.05) is 28.9 Å². The first-order valence-corrected chi connectivity index (χ1v) is 6.59. The smallest absolute Gasteiger partial charge is 0.170 e. The van der Waals surface area contributed by atoms with Crippen molar-refractivity contribution < 1.29 is 4.79 Å². The highest BCUT2D eigenvalue weighted by Crippen LogP contribution is 2.23. The van der Waals surface area contributed by atoms with E-state index in [1.54, 1.807) is 12.4 Å². The van der Waals surface area contributed by atoms with Gasteiger partial charge in [0.1, 0.15) is 0 Å². The van der Waals surface area contributed by atoms with E-state index in [0.29, 0.717) is 0 Å². The molecule has 0 N–H and O–H groups in total. The number of hydrogen-bond acceptors (Lipinski definition) is 2. The van der Waals surface area contributed by atoms with Gasteiger partial charge >= 0.3 is 0 Å². The van der Waals surface area contributed by atoms with Crippen molar-refractivity contribution in [1.82, 2.24) is 4.98 Å². The highest BCUT2D eigenvalue weighted by molar-refractivity contribution is 9.10. The molecule has 1 aromatic carbocycles. The van der Waals surface area contributed by atoms with Crippen LogP contribution in [-0.2, 0) is 0 Å². The average molecular weight is 304 g/mol. The van der Waals surface area contributed by atoms with Crippen LogP contribution in [0.2, 0.25) is 0 Å². The molecule has 0 aliphatic carbocycles. The number of aromatic nitrogens is 1. The van der Waals surface area contributed by atoms with Crippen molar-refractivity contribution in [3.05, 3.63) is 63.9 Å². The predicted octanol–water partition coefficient (Wildman–Crippen LogP) is 4.14. The fraction of sp³-hybridized carbons (Fsp3) is 0.200. The van der Waals surface area contributed by atoms with Crippen molar-refractivity contribution in [1.29, 1.82) is 0 Å². The molecular weight excluding hydrogens is 290 g/mol. The molecule has 1 aromatic heterocycles. The van der Waals surface area contributed by atoms with Gasteiger partial charge in [0.05, 0.1) is 0 Å². The van der Waals surface area contributed by atoms with E-state index >= 15 is 0 Å². The van der Waals surface area contributed by atoms with E-state index in [2.05, 4.69) is 20.9 Å². The number of ketones is 1. The lowest BCUT2D eigenvalue weighted by molar-refractivity contribution is 0.0965. The van der Waals surface area contributed by atoms with Crippen LogP contribution >= 0.6 is 15.9 Å². The molecule has 0 radical (unpaired) electrons. The van der Waals surface area contributed by atoms with E-state index in [4.69, 9.17) is 0 Å². The lowest BCUT2D eigenvalue weighted by Crippen LogP contribution is -2.11. The molecule has 2 rings (SSSR count). The fourth-order valence-corrected chi connectivity index (χ4v) is 2.42. The summed E-state index contributed by atoms with van der Waals surface area (Å²) < 4.78 is 0.994. The number of nitrogens with zero attached hydrogens (tertiary/aromatic N) is 1. The van der Waals surface area contributed by atoms with Gasteiger partial charge in [0, 0.05) is 28.3 Å². The van der Waals surface area contributed by atoms with E-state index in [0.717, 1.165) is 21.2 Å². The minimum atomic E-state index is -0.145. The van der Waals surface area contributed by atoms with Gasteiger partial charge in [-0.15, -0.1) is 0 Å². The van der Waals surface area contributed by atoms with Gasteiger partial charge in [-0.3, -0.25) is 9.78 Å². The molecular formula is C15H14BrNO. The molecule has 18 heavy (non-hydrogen) atoms. The molecule has 1 atom stereocenters. The third-order valence-corrected chi connectivity index (χ3v) is 3.55. The van der Waals surface area contributed by atoms with E-state index < -0.39 is 0 Å². The van der Waals surface area contributed by atoms with Gasteiger partial charge in [-0.2, -0.15) is 0 Å². The molecule has 0 aliphatic heterocycles. The molecule has 3 heteroatoms. The zero-order valence-electron chi connectivity index (χ0n) is 10.4. The van der Waals surface area contributed by atoms with Crippen molar-refractivity contribution in [2.75, 3.05) is 0 Å². The highest BCUT2D eigenvalue weighted by atomic mass is 79.9. The zero-order chi connectivity index (χ0) is 13.1. The maximum Gasteiger partial charge on any atom is 0.170 e. The molecule has 1 heterocycles. The number of Topliss-reactive ketones (excluding diaryl/α,β-unsaturated/α-hetero) is 1. The maximum atomic E-state index is 12.4. The lowest BCUT2D eigenvalue weighted by Gasteiger charge is -2.12. The van der Waals surface area contributed by atoms with Crippen molar-refractivity contribution >= 4 is 21.7 Å². The van der Waals surface area contributed by atoms with Crippen molar-refractivity contribution in [3.8, 4) is 0 Å². The fourth-order valence-electron chi connectivity index (χ4n) is 1.94. The average Bonchev–Trinajstić information content (AvgIpc) is 2.38. The van der Waals surface area contributed by atoms with Gasteiger partial charge in [0.25, 0.3) is 0 Å². The Hall–Kier alpha value is -1.48. The predicted molar refractivity (Wildman–Crippen MR) is 75.9 cm³/mol. The summed E-state index contributed by atoms with van der Waals surface area (Å²) in [5, 5.41) is 0. The number of rotatable bonds is 3. The molecule has 92 valence electrons. The topological polar surface area (TPSA) is 30.0 Å².